The van der Waals surface area contributed by atoms with Crippen molar-refractivity contribution in [3.63, 3.8) is 0 Å². The highest BCUT2D eigenvalue weighted by Crippen LogP contribution is 2.17. The Morgan fingerprint density at radius 2 is 1.96 bits per heavy atom. The Bertz CT molecular complexity index is 661. The summed E-state index contributed by atoms with van der Waals surface area (Å²) in [6, 6.07) is 9.90. The lowest BCUT2D eigenvalue weighted by atomic mass is 10.2. The van der Waals surface area contributed by atoms with E-state index in [1.165, 1.54) is 0 Å². The van der Waals surface area contributed by atoms with Crippen LogP contribution in [-0.2, 0) is 6.54 Å². The molecule has 26 heavy (non-hydrogen) atoms. The lowest BCUT2D eigenvalue weighted by molar-refractivity contribution is 0.199. The lowest BCUT2D eigenvalue weighted by Crippen LogP contribution is -2.42. The first-order chi connectivity index (χ1) is 12.1. The number of halogens is 1. The van der Waals surface area contributed by atoms with Crippen LogP contribution < -0.4 is 15.4 Å². The van der Waals surface area contributed by atoms with Gasteiger partial charge in [-0.05, 0) is 24.5 Å². The highest BCUT2D eigenvalue weighted by Gasteiger charge is 2.10. The molecule has 144 valence electrons. The van der Waals surface area contributed by atoms with Crippen LogP contribution in [0, 0.1) is 0 Å². The molecule has 1 aromatic carbocycles. The lowest BCUT2D eigenvalue weighted by Gasteiger charge is -2.19. The van der Waals surface area contributed by atoms with Crippen LogP contribution in [0.4, 0.5) is 0 Å². The number of benzene rings is 1. The number of aromatic nitrogens is 1. The van der Waals surface area contributed by atoms with Gasteiger partial charge in [-0.2, -0.15) is 0 Å². The zero-order chi connectivity index (χ0) is 18.1. The molecule has 1 heterocycles. The number of hydrogen-bond acceptors (Lipinski definition) is 4. The van der Waals surface area contributed by atoms with Crippen LogP contribution in [0.25, 0.3) is 0 Å². The quantitative estimate of drug-likeness (QED) is 0.329. The standard InChI is InChI=1S/C19H28N4OS.HI/c1-5-15(24-16-9-7-6-8-10-16)11-21-19(20-4)22-12-18-23-17(13-25-18)14(2)3;/h6-10,13-15H,5,11-12H2,1-4H3,(H2,20,21,22);1H. The smallest absolute Gasteiger partial charge is 0.191 e. The first-order valence-electron chi connectivity index (χ1n) is 8.72. The molecule has 7 heteroatoms. The van der Waals surface area contributed by atoms with Crippen molar-refractivity contribution in [1.29, 1.82) is 0 Å². The van der Waals surface area contributed by atoms with Crippen molar-refractivity contribution in [2.24, 2.45) is 4.99 Å². The molecule has 2 aromatic rings. The molecule has 0 aliphatic heterocycles. The Morgan fingerprint density at radius 3 is 2.54 bits per heavy atom. The Hall–Kier alpha value is -1.35. The average molecular weight is 488 g/mol. The molecule has 0 saturated heterocycles. The van der Waals surface area contributed by atoms with Gasteiger partial charge < -0.3 is 15.4 Å². The molecule has 2 rings (SSSR count). The van der Waals surface area contributed by atoms with Crippen molar-refractivity contribution in [2.75, 3.05) is 13.6 Å². The summed E-state index contributed by atoms with van der Waals surface area (Å²) in [5, 5.41) is 9.84. The molecule has 0 saturated carbocycles. The largest absolute Gasteiger partial charge is 0.489 e. The summed E-state index contributed by atoms with van der Waals surface area (Å²) in [6.45, 7) is 7.80. The average Bonchev–Trinajstić information content (AvgIpc) is 3.11. The van der Waals surface area contributed by atoms with Crippen LogP contribution in [0.15, 0.2) is 40.7 Å². The van der Waals surface area contributed by atoms with Crippen LogP contribution in [0.5, 0.6) is 5.75 Å². The normalized spacial score (nSPS) is 12.4. The van der Waals surface area contributed by atoms with Crippen molar-refractivity contribution in [2.45, 2.75) is 45.8 Å². The molecule has 0 radical (unpaired) electrons. The van der Waals surface area contributed by atoms with Crippen LogP contribution in [0.2, 0.25) is 0 Å². The third-order valence-electron chi connectivity index (χ3n) is 3.79. The second-order valence-electron chi connectivity index (χ2n) is 6.09. The summed E-state index contributed by atoms with van der Waals surface area (Å²) in [5.74, 6) is 2.11. The van der Waals surface area contributed by atoms with Crippen LogP contribution in [0.1, 0.15) is 43.8 Å². The second kappa shape index (κ2) is 12.1. The van der Waals surface area contributed by atoms with Gasteiger partial charge in [0.2, 0.25) is 0 Å². The summed E-state index contributed by atoms with van der Waals surface area (Å²) in [6.07, 6.45) is 1.01. The first kappa shape index (κ1) is 22.7. The number of thiazole rings is 1. The molecule has 1 unspecified atom stereocenters. The number of aliphatic imine (C=N–C) groups is 1. The fraction of sp³-hybridized carbons (Fsp3) is 0.474. The van der Waals surface area contributed by atoms with E-state index in [9.17, 15) is 0 Å². The third kappa shape index (κ3) is 7.49. The van der Waals surface area contributed by atoms with E-state index in [1.807, 2.05) is 30.3 Å². The Balaban J connectivity index is 0.00000338. The number of ether oxygens (including phenoxy) is 1. The Labute approximate surface area is 177 Å². The van der Waals surface area contributed by atoms with Crippen LogP contribution in [-0.4, -0.2) is 30.6 Å². The van der Waals surface area contributed by atoms with E-state index in [0.29, 0.717) is 19.0 Å². The number of nitrogens with one attached hydrogen (secondary N) is 2. The topological polar surface area (TPSA) is 58.5 Å². The number of guanidine groups is 1. The highest BCUT2D eigenvalue weighted by atomic mass is 127. The minimum Gasteiger partial charge on any atom is -0.489 e. The zero-order valence-corrected chi connectivity index (χ0v) is 19.0. The van der Waals surface area contributed by atoms with Crippen LogP contribution in [0.3, 0.4) is 0 Å². The van der Waals surface area contributed by atoms with E-state index in [4.69, 9.17) is 4.74 Å². The maximum absolute atomic E-state index is 6.00. The fourth-order valence-corrected chi connectivity index (χ4v) is 3.12. The van der Waals surface area contributed by atoms with E-state index in [2.05, 4.69) is 46.8 Å². The molecule has 0 aliphatic carbocycles. The minimum atomic E-state index is 0. The molecule has 0 fully saturated rings. The third-order valence-corrected chi connectivity index (χ3v) is 4.66. The molecule has 1 aromatic heterocycles. The molecule has 0 spiro atoms. The molecule has 1 atom stereocenters. The zero-order valence-electron chi connectivity index (χ0n) is 15.9. The molecule has 5 nitrogen and oxygen atoms in total. The van der Waals surface area contributed by atoms with E-state index in [1.54, 1.807) is 18.4 Å². The van der Waals surface area contributed by atoms with Crippen molar-refractivity contribution in [3.05, 3.63) is 46.4 Å². The van der Waals surface area contributed by atoms with Gasteiger partial charge >= 0.3 is 0 Å². The van der Waals surface area contributed by atoms with Gasteiger partial charge in [0.1, 0.15) is 16.9 Å². The van der Waals surface area contributed by atoms with Gasteiger partial charge in [-0.3, -0.25) is 4.99 Å². The summed E-state index contributed by atoms with van der Waals surface area (Å²) in [4.78, 5) is 8.91. The monoisotopic (exact) mass is 488 g/mol. The number of rotatable bonds is 8. The van der Waals surface area contributed by atoms with E-state index >= 15 is 0 Å². The SMILES string of the molecule is CCC(CNC(=NC)NCc1nc(C(C)C)cs1)Oc1ccccc1.I. The molecule has 0 bridgehead atoms. The number of para-hydroxylation sites is 1. The van der Waals surface area contributed by atoms with Gasteiger partial charge in [-0.25, -0.2) is 4.98 Å². The first-order valence-corrected chi connectivity index (χ1v) is 9.60. The van der Waals surface area contributed by atoms with Crippen LogP contribution >= 0.6 is 35.3 Å². The van der Waals surface area contributed by atoms with Gasteiger partial charge in [-0.15, -0.1) is 35.3 Å². The molecule has 0 aliphatic rings. The fourth-order valence-electron chi connectivity index (χ4n) is 2.22. The maximum atomic E-state index is 6.00. The van der Waals surface area contributed by atoms with Crippen molar-refractivity contribution < 1.29 is 4.74 Å². The van der Waals surface area contributed by atoms with Gasteiger partial charge in [0.25, 0.3) is 0 Å². The van der Waals surface area contributed by atoms with Gasteiger partial charge in [0, 0.05) is 12.4 Å². The summed E-state index contributed by atoms with van der Waals surface area (Å²) < 4.78 is 6.00. The second-order valence-corrected chi connectivity index (χ2v) is 7.03. The number of hydrogen-bond donors (Lipinski definition) is 2. The summed E-state index contributed by atoms with van der Waals surface area (Å²) in [5.41, 5.74) is 1.15. The van der Waals surface area contributed by atoms with Gasteiger partial charge in [-0.1, -0.05) is 39.0 Å². The van der Waals surface area contributed by atoms with Crippen molar-refractivity contribution in [1.82, 2.24) is 15.6 Å². The molecule has 2 N–H and O–H groups in total. The number of nitrogens with zero attached hydrogens (tertiary/aromatic N) is 2. The van der Waals surface area contributed by atoms with Gasteiger partial charge in [0.15, 0.2) is 5.96 Å². The predicted octanol–water partition coefficient (Wildman–Crippen LogP) is 4.41. The van der Waals surface area contributed by atoms with Gasteiger partial charge in [0.05, 0.1) is 18.8 Å². The van der Waals surface area contributed by atoms with Crippen molar-refractivity contribution in [3.8, 4) is 5.75 Å². The minimum absolute atomic E-state index is 0. The Morgan fingerprint density at radius 1 is 1.23 bits per heavy atom. The molecule has 0 amide bonds. The molecular weight excluding hydrogens is 459 g/mol. The van der Waals surface area contributed by atoms with E-state index in [0.717, 1.165) is 28.8 Å². The summed E-state index contributed by atoms with van der Waals surface area (Å²) >= 11 is 1.68. The predicted molar refractivity (Wildman–Crippen MR) is 121 cm³/mol. The van der Waals surface area contributed by atoms with Crippen molar-refractivity contribution >= 4 is 41.3 Å². The van der Waals surface area contributed by atoms with E-state index < -0.39 is 0 Å². The highest BCUT2D eigenvalue weighted by molar-refractivity contribution is 14.0. The van der Waals surface area contributed by atoms with E-state index in [-0.39, 0.29) is 30.1 Å². The molecular formula is C19H29IN4OS. The Kier molecular flexibility index (Phi) is 10.6. The maximum Gasteiger partial charge on any atom is 0.191 e. The summed E-state index contributed by atoms with van der Waals surface area (Å²) in [7, 11) is 1.77.